The van der Waals surface area contributed by atoms with Crippen molar-refractivity contribution < 1.29 is 4.74 Å². The van der Waals surface area contributed by atoms with Gasteiger partial charge >= 0.3 is 0 Å². The molecule has 14 heavy (non-hydrogen) atoms. The van der Waals surface area contributed by atoms with Gasteiger partial charge in [-0.3, -0.25) is 0 Å². The molecule has 0 aliphatic heterocycles. The summed E-state index contributed by atoms with van der Waals surface area (Å²) in [6.45, 7) is 6.55. The predicted octanol–water partition coefficient (Wildman–Crippen LogP) is 1.96. The molecule has 1 heterocycles. The standard InChI is InChI=1S/C9H16BrN3O/c1-6-7(10)8(11)13(12-6)5-9(2,3)14-4/h5,11H2,1-4H3. The molecule has 0 aromatic carbocycles. The Morgan fingerprint density at radius 1 is 1.57 bits per heavy atom. The molecule has 0 unspecified atom stereocenters. The normalized spacial score (nSPS) is 12.1. The second-order valence-corrected chi connectivity index (χ2v) is 4.70. The molecule has 1 aromatic rings. The SMILES string of the molecule is COC(C)(C)Cn1nc(C)c(Br)c1N. The molecule has 0 bridgehead atoms. The van der Waals surface area contributed by atoms with Crippen molar-refractivity contribution in [3.63, 3.8) is 0 Å². The van der Waals surface area contributed by atoms with Gasteiger partial charge in [-0.05, 0) is 36.7 Å². The molecule has 0 aliphatic carbocycles. The molecule has 0 saturated carbocycles. The molecule has 0 saturated heterocycles. The summed E-state index contributed by atoms with van der Waals surface area (Å²) in [7, 11) is 1.68. The molecule has 0 aliphatic rings. The minimum absolute atomic E-state index is 0.258. The van der Waals surface area contributed by atoms with E-state index in [9.17, 15) is 0 Å². The minimum Gasteiger partial charge on any atom is -0.383 e. The van der Waals surface area contributed by atoms with Crippen LogP contribution < -0.4 is 5.73 Å². The van der Waals surface area contributed by atoms with Crippen LogP contribution in [0, 0.1) is 6.92 Å². The van der Waals surface area contributed by atoms with Crippen molar-refractivity contribution in [2.45, 2.75) is 32.9 Å². The van der Waals surface area contributed by atoms with E-state index in [1.165, 1.54) is 0 Å². The van der Waals surface area contributed by atoms with Gasteiger partial charge in [0.1, 0.15) is 5.82 Å². The topological polar surface area (TPSA) is 53.1 Å². The number of hydrogen-bond donors (Lipinski definition) is 1. The summed E-state index contributed by atoms with van der Waals surface area (Å²) in [6.07, 6.45) is 0. The van der Waals surface area contributed by atoms with Gasteiger partial charge in [-0.15, -0.1) is 0 Å². The van der Waals surface area contributed by atoms with Gasteiger partial charge in [-0.25, -0.2) is 4.68 Å². The van der Waals surface area contributed by atoms with E-state index in [-0.39, 0.29) is 5.60 Å². The average molecular weight is 262 g/mol. The van der Waals surface area contributed by atoms with Crippen LogP contribution in [0.3, 0.4) is 0 Å². The molecule has 0 radical (unpaired) electrons. The van der Waals surface area contributed by atoms with Crippen molar-refractivity contribution in [3.05, 3.63) is 10.2 Å². The Hall–Kier alpha value is -0.550. The van der Waals surface area contributed by atoms with Crippen LogP contribution in [-0.4, -0.2) is 22.5 Å². The Kier molecular flexibility index (Phi) is 3.21. The zero-order valence-electron chi connectivity index (χ0n) is 8.97. The molecule has 80 valence electrons. The quantitative estimate of drug-likeness (QED) is 0.905. The molecule has 5 heteroatoms. The van der Waals surface area contributed by atoms with E-state index in [1.807, 2.05) is 20.8 Å². The number of nitrogens with two attached hydrogens (primary N) is 1. The fraction of sp³-hybridized carbons (Fsp3) is 0.667. The lowest BCUT2D eigenvalue weighted by Gasteiger charge is -2.23. The second kappa shape index (κ2) is 3.90. The van der Waals surface area contributed by atoms with Gasteiger partial charge in [0.2, 0.25) is 0 Å². The van der Waals surface area contributed by atoms with Crippen molar-refractivity contribution in [1.29, 1.82) is 0 Å². The first kappa shape index (κ1) is 11.5. The lowest BCUT2D eigenvalue weighted by atomic mass is 10.1. The van der Waals surface area contributed by atoms with E-state index in [1.54, 1.807) is 11.8 Å². The molecule has 2 N–H and O–H groups in total. The number of ether oxygens (including phenoxy) is 1. The monoisotopic (exact) mass is 261 g/mol. The maximum atomic E-state index is 5.86. The summed E-state index contributed by atoms with van der Waals surface area (Å²) < 4.78 is 7.93. The fourth-order valence-corrected chi connectivity index (χ4v) is 1.41. The first-order chi connectivity index (χ1) is 6.37. The second-order valence-electron chi connectivity index (χ2n) is 3.91. The molecule has 0 spiro atoms. The van der Waals surface area contributed by atoms with Gasteiger partial charge in [0.05, 0.1) is 22.3 Å². The van der Waals surface area contributed by atoms with E-state index in [4.69, 9.17) is 10.5 Å². The highest BCUT2D eigenvalue weighted by molar-refractivity contribution is 9.10. The number of nitrogens with zero attached hydrogens (tertiary/aromatic N) is 2. The van der Waals surface area contributed by atoms with Gasteiger partial charge in [0.15, 0.2) is 0 Å². The maximum Gasteiger partial charge on any atom is 0.136 e. The van der Waals surface area contributed by atoms with Crippen molar-refractivity contribution in [3.8, 4) is 0 Å². The number of methoxy groups -OCH3 is 1. The number of nitrogen functional groups attached to an aromatic ring is 1. The Labute approximate surface area is 92.5 Å². The van der Waals surface area contributed by atoms with E-state index in [0.29, 0.717) is 12.4 Å². The van der Waals surface area contributed by atoms with Crippen LogP contribution in [0.4, 0.5) is 5.82 Å². The average Bonchev–Trinajstić information content (AvgIpc) is 2.33. The van der Waals surface area contributed by atoms with Gasteiger partial charge in [0.25, 0.3) is 0 Å². The molecule has 0 atom stereocenters. The third kappa shape index (κ3) is 2.27. The Balaban J connectivity index is 2.93. The third-order valence-corrected chi connectivity index (χ3v) is 3.15. The number of rotatable bonds is 3. The van der Waals surface area contributed by atoms with Crippen LogP contribution in [0.15, 0.2) is 4.47 Å². The van der Waals surface area contributed by atoms with Gasteiger partial charge in [0, 0.05) is 7.11 Å². The maximum absolute atomic E-state index is 5.86. The first-order valence-corrected chi connectivity index (χ1v) is 5.20. The largest absolute Gasteiger partial charge is 0.383 e. The lowest BCUT2D eigenvalue weighted by molar-refractivity contribution is 0.00588. The molecular formula is C9H16BrN3O. The van der Waals surface area contributed by atoms with Crippen molar-refractivity contribution in [1.82, 2.24) is 9.78 Å². The van der Waals surface area contributed by atoms with Crippen molar-refractivity contribution in [2.75, 3.05) is 12.8 Å². The summed E-state index contributed by atoms with van der Waals surface area (Å²) in [5.41, 5.74) is 6.50. The van der Waals surface area contributed by atoms with Crippen LogP contribution in [-0.2, 0) is 11.3 Å². The smallest absolute Gasteiger partial charge is 0.136 e. The highest BCUT2D eigenvalue weighted by Crippen LogP contribution is 2.24. The van der Waals surface area contributed by atoms with Gasteiger partial charge in [-0.1, -0.05) is 0 Å². The molecule has 4 nitrogen and oxygen atoms in total. The van der Waals surface area contributed by atoms with Crippen molar-refractivity contribution >= 4 is 21.7 Å². The molecule has 1 rings (SSSR count). The number of hydrogen-bond acceptors (Lipinski definition) is 3. The predicted molar refractivity (Wildman–Crippen MR) is 60.2 cm³/mol. The number of aromatic nitrogens is 2. The first-order valence-electron chi connectivity index (χ1n) is 4.41. The molecular weight excluding hydrogens is 246 g/mol. The van der Waals surface area contributed by atoms with E-state index in [0.717, 1.165) is 10.2 Å². The Morgan fingerprint density at radius 3 is 2.50 bits per heavy atom. The number of aryl methyl sites for hydroxylation is 1. The van der Waals surface area contributed by atoms with Crippen LogP contribution in [0.5, 0.6) is 0 Å². The number of anilines is 1. The highest BCUT2D eigenvalue weighted by Gasteiger charge is 2.20. The van der Waals surface area contributed by atoms with Crippen molar-refractivity contribution in [2.24, 2.45) is 0 Å². The Morgan fingerprint density at radius 2 is 2.14 bits per heavy atom. The van der Waals surface area contributed by atoms with Crippen LogP contribution in [0.1, 0.15) is 19.5 Å². The summed E-state index contributed by atoms with van der Waals surface area (Å²) in [5, 5.41) is 4.31. The zero-order valence-corrected chi connectivity index (χ0v) is 10.6. The fourth-order valence-electron chi connectivity index (χ4n) is 1.12. The Bertz CT molecular complexity index is 333. The third-order valence-electron chi connectivity index (χ3n) is 2.17. The highest BCUT2D eigenvalue weighted by atomic mass is 79.9. The van der Waals surface area contributed by atoms with E-state index < -0.39 is 0 Å². The van der Waals surface area contributed by atoms with Crippen LogP contribution >= 0.6 is 15.9 Å². The van der Waals surface area contributed by atoms with Crippen LogP contribution in [0.25, 0.3) is 0 Å². The number of halogens is 1. The lowest BCUT2D eigenvalue weighted by Crippen LogP contribution is -2.30. The van der Waals surface area contributed by atoms with E-state index >= 15 is 0 Å². The summed E-state index contributed by atoms with van der Waals surface area (Å²) in [6, 6.07) is 0. The van der Waals surface area contributed by atoms with Gasteiger partial charge in [-0.2, -0.15) is 5.10 Å². The zero-order chi connectivity index (χ0) is 10.9. The molecule has 0 amide bonds. The van der Waals surface area contributed by atoms with E-state index in [2.05, 4.69) is 21.0 Å². The summed E-state index contributed by atoms with van der Waals surface area (Å²) in [5.74, 6) is 0.646. The minimum atomic E-state index is -0.258. The summed E-state index contributed by atoms with van der Waals surface area (Å²) in [4.78, 5) is 0. The molecule has 1 aromatic heterocycles. The molecule has 0 fully saturated rings. The van der Waals surface area contributed by atoms with Gasteiger partial charge < -0.3 is 10.5 Å². The van der Waals surface area contributed by atoms with Crippen LogP contribution in [0.2, 0.25) is 0 Å². The summed E-state index contributed by atoms with van der Waals surface area (Å²) >= 11 is 3.38.